The quantitative estimate of drug-likeness (QED) is 0.879. The molecule has 2 aromatic rings. The highest BCUT2D eigenvalue weighted by molar-refractivity contribution is 9.08. The van der Waals surface area contributed by atoms with Gasteiger partial charge in [0.25, 0.3) is 0 Å². The molecule has 2 aromatic carbocycles. The van der Waals surface area contributed by atoms with Crippen LogP contribution in [0.5, 0.6) is 5.75 Å². The van der Waals surface area contributed by atoms with Gasteiger partial charge in [0.15, 0.2) is 0 Å². The summed E-state index contributed by atoms with van der Waals surface area (Å²) < 4.78 is 4.99. The van der Waals surface area contributed by atoms with E-state index in [9.17, 15) is 4.79 Å². The molecule has 0 radical (unpaired) electrons. The maximum absolute atomic E-state index is 10.8. The first kappa shape index (κ1) is 12.6. The van der Waals surface area contributed by atoms with Crippen LogP contribution in [0, 0.1) is 0 Å². The number of primary amides is 1. The number of nitrogens with two attached hydrogens (primary N) is 1. The maximum atomic E-state index is 10.8. The Morgan fingerprint density at radius 3 is 2.39 bits per heavy atom. The minimum atomic E-state index is -0.806. The summed E-state index contributed by atoms with van der Waals surface area (Å²) >= 11 is 3.40. The predicted octanol–water partition coefficient (Wildman–Crippen LogP) is 3.71. The average Bonchev–Trinajstić information content (AvgIpc) is 2.39. The summed E-state index contributed by atoms with van der Waals surface area (Å²) in [4.78, 5) is 10.8. The van der Waals surface area contributed by atoms with E-state index >= 15 is 0 Å². The van der Waals surface area contributed by atoms with E-state index in [-0.39, 0.29) is 0 Å². The number of amides is 1. The van der Waals surface area contributed by atoms with Gasteiger partial charge in [-0.15, -0.1) is 0 Å². The molecule has 2 N–H and O–H groups in total. The first-order valence-corrected chi connectivity index (χ1v) is 6.54. The number of carbonyl (C=O) groups excluding carboxylic acids is 1. The van der Waals surface area contributed by atoms with Crippen LogP contribution in [0.1, 0.15) is 5.56 Å². The van der Waals surface area contributed by atoms with E-state index in [1.807, 2.05) is 36.4 Å². The molecule has 4 heteroatoms. The Kier molecular flexibility index (Phi) is 3.99. The van der Waals surface area contributed by atoms with Crippen molar-refractivity contribution in [1.82, 2.24) is 0 Å². The Balaban J connectivity index is 2.39. The summed E-state index contributed by atoms with van der Waals surface area (Å²) in [5.74, 6) is 0.469. The molecule has 0 aliphatic rings. The van der Waals surface area contributed by atoms with Gasteiger partial charge >= 0.3 is 6.09 Å². The van der Waals surface area contributed by atoms with Crippen LogP contribution in [0.3, 0.4) is 0 Å². The number of ether oxygens (including phenoxy) is 1. The van der Waals surface area contributed by atoms with Gasteiger partial charge in [-0.2, -0.15) is 0 Å². The van der Waals surface area contributed by atoms with Gasteiger partial charge in [-0.3, -0.25) is 0 Å². The Morgan fingerprint density at radius 1 is 1.11 bits per heavy atom. The van der Waals surface area contributed by atoms with Crippen molar-refractivity contribution in [3.63, 3.8) is 0 Å². The summed E-state index contributed by atoms with van der Waals surface area (Å²) in [6.07, 6.45) is -0.806. The monoisotopic (exact) mass is 305 g/mol. The summed E-state index contributed by atoms with van der Waals surface area (Å²) in [6, 6.07) is 15.3. The molecule has 0 spiro atoms. The van der Waals surface area contributed by atoms with E-state index in [0.29, 0.717) is 5.75 Å². The Hall–Kier alpha value is -1.81. The second-order valence-corrected chi connectivity index (χ2v) is 4.31. The van der Waals surface area contributed by atoms with Crippen LogP contribution in [0.15, 0.2) is 48.5 Å². The molecule has 0 bridgehead atoms. The lowest BCUT2D eigenvalue weighted by Crippen LogP contribution is -2.16. The van der Waals surface area contributed by atoms with Crippen molar-refractivity contribution in [2.45, 2.75) is 5.33 Å². The van der Waals surface area contributed by atoms with E-state index in [4.69, 9.17) is 10.5 Å². The van der Waals surface area contributed by atoms with E-state index in [1.165, 1.54) is 5.56 Å². The number of hydrogen-bond donors (Lipinski definition) is 1. The molecule has 0 saturated carbocycles. The zero-order valence-electron chi connectivity index (χ0n) is 9.60. The normalized spacial score (nSPS) is 10.1. The lowest BCUT2D eigenvalue weighted by molar-refractivity contribution is 0.211. The van der Waals surface area contributed by atoms with Gasteiger partial charge in [-0.1, -0.05) is 58.4 Å². The van der Waals surface area contributed by atoms with Crippen LogP contribution in [0.25, 0.3) is 11.1 Å². The molecule has 18 heavy (non-hydrogen) atoms. The van der Waals surface area contributed by atoms with Crippen molar-refractivity contribution in [3.05, 3.63) is 54.1 Å². The van der Waals surface area contributed by atoms with E-state index in [0.717, 1.165) is 16.5 Å². The van der Waals surface area contributed by atoms with E-state index in [1.54, 1.807) is 12.1 Å². The van der Waals surface area contributed by atoms with Crippen molar-refractivity contribution in [1.29, 1.82) is 0 Å². The largest absolute Gasteiger partial charge is 0.410 e. The zero-order valence-corrected chi connectivity index (χ0v) is 11.2. The number of carbonyl (C=O) groups is 1. The first-order chi connectivity index (χ1) is 8.70. The predicted molar refractivity (Wildman–Crippen MR) is 74.7 cm³/mol. The highest BCUT2D eigenvalue weighted by Crippen LogP contribution is 2.30. The van der Waals surface area contributed by atoms with Crippen LogP contribution in [-0.4, -0.2) is 6.09 Å². The van der Waals surface area contributed by atoms with Gasteiger partial charge in [-0.05, 0) is 17.2 Å². The van der Waals surface area contributed by atoms with Crippen LogP contribution in [0.2, 0.25) is 0 Å². The second kappa shape index (κ2) is 5.69. The second-order valence-electron chi connectivity index (χ2n) is 3.75. The van der Waals surface area contributed by atoms with Gasteiger partial charge < -0.3 is 10.5 Å². The van der Waals surface area contributed by atoms with Gasteiger partial charge in [0.05, 0.1) is 0 Å². The highest BCUT2D eigenvalue weighted by atomic mass is 79.9. The summed E-state index contributed by atoms with van der Waals surface area (Å²) in [5.41, 5.74) is 8.06. The zero-order chi connectivity index (χ0) is 13.0. The van der Waals surface area contributed by atoms with Crippen LogP contribution < -0.4 is 10.5 Å². The molecular weight excluding hydrogens is 294 g/mol. The van der Waals surface area contributed by atoms with Crippen LogP contribution >= 0.6 is 15.9 Å². The third-order valence-corrected chi connectivity index (χ3v) is 3.16. The molecule has 0 aliphatic heterocycles. The molecule has 0 aromatic heterocycles. The van der Waals surface area contributed by atoms with E-state index in [2.05, 4.69) is 15.9 Å². The molecule has 0 heterocycles. The number of alkyl halides is 1. The third kappa shape index (κ3) is 2.90. The third-order valence-electron chi connectivity index (χ3n) is 2.52. The fourth-order valence-corrected chi connectivity index (χ4v) is 2.05. The fourth-order valence-electron chi connectivity index (χ4n) is 1.68. The van der Waals surface area contributed by atoms with Crippen molar-refractivity contribution in [3.8, 4) is 16.9 Å². The Labute approximate surface area is 114 Å². The molecular formula is C14H12BrNO2. The van der Waals surface area contributed by atoms with Crippen molar-refractivity contribution < 1.29 is 9.53 Å². The standard InChI is InChI=1S/C14H12BrNO2/c15-9-10-5-7-11(8-6-10)12-3-1-2-4-13(12)18-14(16)17/h1-8H,9H2,(H2,16,17). The van der Waals surface area contributed by atoms with Crippen LogP contribution in [0.4, 0.5) is 4.79 Å². The topological polar surface area (TPSA) is 52.3 Å². The number of hydrogen-bond acceptors (Lipinski definition) is 2. The minimum absolute atomic E-state index is 0.469. The SMILES string of the molecule is NC(=O)Oc1ccccc1-c1ccc(CBr)cc1. The average molecular weight is 306 g/mol. The van der Waals surface area contributed by atoms with Gasteiger partial charge in [-0.25, -0.2) is 4.79 Å². The van der Waals surface area contributed by atoms with Crippen molar-refractivity contribution in [2.24, 2.45) is 5.73 Å². The molecule has 0 unspecified atom stereocenters. The minimum Gasteiger partial charge on any atom is -0.410 e. The molecule has 2 rings (SSSR count). The Morgan fingerprint density at radius 2 is 1.78 bits per heavy atom. The fraction of sp³-hybridized carbons (Fsp3) is 0.0714. The molecule has 0 fully saturated rings. The Bertz CT molecular complexity index is 552. The molecule has 0 aliphatic carbocycles. The number of para-hydroxylation sites is 1. The highest BCUT2D eigenvalue weighted by Gasteiger charge is 2.07. The number of halogens is 1. The van der Waals surface area contributed by atoms with Crippen molar-refractivity contribution in [2.75, 3.05) is 0 Å². The molecule has 0 saturated heterocycles. The summed E-state index contributed by atoms with van der Waals surface area (Å²) in [6.45, 7) is 0. The molecule has 1 amide bonds. The van der Waals surface area contributed by atoms with Gasteiger partial charge in [0.1, 0.15) is 5.75 Å². The molecule has 3 nitrogen and oxygen atoms in total. The van der Waals surface area contributed by atoms with Crippen LogP contribution in [-0.2, 0) is 5.33 Å². The summed E-state index contributed by atoms with van der Waals surface area (Å²) in [7, 11) is 0. The van der Waals surface area contributed by atoms with Gasteiger partial charge in [0, 0.05) is 10.9 Å². The lowest BCUT2D eigenvalue weighted by atomic mass is 10.0. The first-order valence-electron chi connectivity index (χ1n) is 5.42. The molecule has 92 valence electrons. The number of rotatable bonds is 3. The van der Waals surface area contributed by atoms with Crippen molar-refractivity contribution >= 4 is 22.0 Å². The smallest absolute Gasteiger partial charge is 0.409 e. The van der Waals surface area contributed by atoms with Gasteiger partial charge in [0.2, 0.25) is 0 Å². The van der Waals surface area contributed by atoms with E-state index < -0.39 is 6.09 Å². The lowest BCUT2D eigenvalue weighted by Gasteiger charge is -2.08. The molecule has 0 atom stereocenters. The maximum Gasteiger partial charge on any atom is 0.409 e. The summed E-state index contributed by atoms with van der Waals surface area (Å²) in [5, 5.41) is 0.812. The number of benzene rings is 2.